The van der Waals surface area contributed by atoms with E-state index in [1.165, 1.54) is 27.8 Å². The molecule has 2 nitrogen and oxygen atoms in total. The Hall–Kier alpha value is -3.00. The van der Waals surface area contributed by atoms with Gasteiger partial charge in [-0.25, -0.2) is 0 Å². The van der Waals surface area contributed by atoms with Crippen LogP contribution in [-0.4, -0.2) is 10.2 Å². The van der Waals surface area contributed by atoms with Crippen LogP contribution < -0.4 is 0 Å². The van der Waals surface area contributed by atoms with Gasteiger partial charge in [-0.1, -0.05) is 48.0 Å². The molecule has 0 fully saturated rings. The molecule has 2 heteroatoms. The molecule has 0 bridgehead atoms. The summed E-state index contributed by atoms with van der Waals surface area (Å²) in [5, 5.41) is 19.5. The first-order valence-corrected chi connectivity index (χ1v) is 8.54. The fourth-order valence-electron chi connectivity index (χ4n) is 3.58. The van der Waals surface area contributed by atoms with Gasteiger partial charge in [-0.05, 0) is 77.4 Å². The Morgan fingerprint density at radius 1 is 0.680 bits per heavy atom. The van der Waals surface area contributed by atoms with Crippen molar-refractivity contribution >= 4 is 11.1 Å². The van der Waals surface area contributed by atoms with Gasteiger partial charge in [-0.3, -0.25) is 0 Å². The van der Waals surface area contributed by atoms with Crippen LogP contribution in [0.5, 0.6) is 11.5 Å². The minimum absolute atomic E-state index is 0.267. The number of allylic oxidation sites excluding steroid dienone is 1. The first-order chi connectivity index (χ1) is 12.1. The van der Waals surface area contributed by atoms with Crippen LogP contribution in [-0.2, 0) is 6.42 Å². The number of aromatic hydroxyl groups is 2. The maximum atomic E-state index is 9.85. The van der Waals surface area contributed by atoms with Gasteiger partial charge in [0.15, 0.2) is 0 Å². The quantitative estimate of drug-likeness (QED) is 0.669. The molecule has 0 aliphatic heterocycles. The van der Waals surface area contributed by atoms with Crippen molar-refractivity contribution in [1.29, 1.82) is 0 Å². The summed E-state index contributed by atoms with van der Waals surface area (Å²) in [4.78, 5) is 0. The van der Waals surface area contributed by atoms with Crippen LogP contribution in [0.3, 0.4) is 0 Å². The molecule has 0 amide bonds. The molecule has 3 aromatic carbocycles. The van der Waals surface area contributed by atoms with Gasteiger partial charge in [0.2, 0.25) is 0 Å². The summed E-state index contributed by atoms with van der Waals surface area (Å²) in [5.41, 5.74) is 8.38. The minimum Gasteiger partial charge on any atom is -0.508 e. The second-order valence-corrected chi connectivity index (χ2v) is 6.61. The second kappa shape index (κ2) is 6.14. The van der Waals surface area contributed by atoms with Crippen molar-refractivity contribution in [3.05, 3.63) is 94.5 Å². The highest BCUT2D eigenvalue weighted by atomic mass is 16.3. The summed E-state index contributed by atoms with van der Waals surface area (Å²) in [5.74, 6) is 0.575. The van der Waals surface area contributed by atoms with E-state index in [-0.39, 0.29) is 5.75 Å². The van der Waals surface area contributed by atoms with Gasteiger partial charge < -0.3 is 10.2 Å². The van der Waals surface area contributed by atoms with E-state index in [2.05, 4.69) is 31.2 Å². The normalized spacial score (nSPS) is 13.6. The zero-order valence-corrected chi connectivity index (χ0v) is 14.2. The third-order valence-electron chi connectivity index (χ3n) is 4.86. The Balaban J connectivity index is 1.97. The van der Waals surface area contributed by atoms with Crippen LogP contribution in [0, 0.1) is 6.92 Å². The Kier molecular flexibility index (Phi) is 3.81. The zero-order chi connectivity index (χ0) is 17.4. The van der Waals surface area contributed by atoms with E-state index in [1.54, 1.807) is 18.2 Å². The lowest BCUT2D eigenvalue weighted by Gasteiger charge is -2.25. The van der Waals surface area contributed by atoms with Gasteiger partial charge >= 0.3 is 0 Å². The molecule has 0 saturated carbocycles. The SMILES string of the molecule is Cc1ccc(C2=C(c3ccc(O)cc3)c3ccc(O)cc3CC2)cc1. The molecule has 0 aromatic heterocycles. The number of aryl methyl sites for hydroxylation is 2. The number of fused-ring (bicyclic) bond motifs is 1. The third-order valence-corrected chi connectivity index (χ3v) is 4.86. The van der Waals surface area contributed by atoms with Crippen LogP contribution in [0.15, 0.2) is 66.7 Å². The lowest BCUT2D eigenvalue weighted by Crippen LogP contribution is -2.06. The summed E-state index contributed by atoms with van der Waals surface area (Å²) in [7, 11) is 0. The number of rotatable bonds is 2. The van der Waals surface area contributed by atoms with Crippen molar-refractivity contribution < 1.29 is 10.2 Å². The Morgan fingerprint density at radius 2 is 1.32 bits per heavy atom. The Bertz CT molecular complexity index is 948. The van der Waals surface area contributed by atoms with Gasteiger partial charge in [-0.2, -0.15) is 0 Å². The highest BCUT2D eigenvalue weighted by Gasteiger charge is 2.21. The standard InChI is InChI=1S/C23H20O2/c1-15-2-4-16(5-3-15)21-12-8-18-14-20(25)11-13-22(18)23(21)17-6-9-19(24)10-7-17/h2-7,9-11,13-14,24-25H,8,12H2,1H3. The summed E-state index contributed by atoms with van der Waals surface area (Å²) in [6.45, 7) is 2.10. The van der Waals surface area contributed by atoms with Gasteiger partial charge in [0, 0.05) is 0 Å². The van der Waals surface area contributed by atoms with Crippen molar-refractivity contribution in [3.63, 3.8) is 0 Å². The van der Waals surface area contributed by atoms with E-state index < -0.39 is 0 Å². The molecule has 0 saturated heterocycles. The molecule has 2 N–H and O–H groups in total. The highest BCUT2D eigenvalue weighted by molar-refractivity contribution is 6.00. The monoisotopic (exact) mass is 328 g/mol. The predicted octanol–water partition coefficient (Wildman–Crippen LogP) is 5.31. The average Bonchev–Trinajstić information content (AvgIpc) is 2.62. The smallest absolute Gasteiger partial charge is 0.115 e. The topological polar surface area (TPSA) is 40.5 Å². The average molecular weight is 328 g/mol. The van der Waals surface area contributed by atoms with Gasteiger partial charge in [0.1, 0.15) is 11.5 Å². The van der Waals surface area contributed by atoms with Crippen LogP contribution in [0.1, 0.15) is 34.2 Å². The molecular formula is C23H20O2. The molecule has 25 heavy (non-hydrogen) atoms. The first kappa shape index (κ1) is 15.5. The molecule has 0 radical (unpaired) electrons. The highest BCUT2D eigenvalue weighted by Crippen LogP contribution is 2.41. The minimum atomic E-state index is 0.267. The van der Waals surface area contributed by atoms with E-state index in [0.717, 1.165) is 24.0 Å². The number of phenolic OH excluding ortho intramolecular Hbond substituents is 2. The lowest BCUT2D eigenvalue weighted by molar-refractivity contribution is 0.474. The van der Waals surface area contributed by atoms with Crippen molar-refractivity contribution in [2.75, 3.05) is 0 Å². The first-order valence-electron chi connectivity index (χ1n) is 8.54. The summed E-state index contributed by atoms with van der Waals surface area (Å²) >= 11 is 0. The molecule has 0 atom stereocenters. The number of phenols is 2. The van der Waals surface area contributed by atoms with Crippen LogP contribution in [0.2, 0.25) is 0 Å². The predicted molar refractivity (Wildman–Crippen MR) is 102 cm³/mol. The fraction of sp³-hybridized carbons (Fsp3) is 0.130. The molecule has 1 aliphatic rings. The summed E-state index contributed by atoms with van der Waals surface area (Å²) in [6.07, 6.45) is 1.84. The van der Waals surface area contributed by atoms with Crippen molar-refractivity contribution in [1.82, 2.24) is 0 Å². The second-order valence-electron chi connectivity index (χ2n) is 6.61. The molecule has 124 valence electrons. The van der Waals surface area contributed by atoms with Crippen LogP contribution >= 0.6 is 0 Å². The Morgan fingerprint density at radius 3 is 2.04 bits per heavy atom. The molecule has 0 unspecified atom stereocenters. The van der Waals surface area contributed by atoms with Gasteiger partial charge in [-0.15, -0.1) is 0 Å². The zero-order valence-electron chi connectivity index (χ0n) is 14.2. The van der Waals surface area contributed by atoms with E-state index >= 15 is 0 Å². The van der Waals surface area contributed by atoms with Gasteiger partial charge in [0.05, 0.1) is 0 Å². The number of hydrogen-bond acceptors (Lipinski definition) is 2. The van der Waals surface area contributed by atoms with Gasteiger partial charge in [0.25, 0.3) is 0 Å². The molecule has 1 aliphatic carbocycles. The van der Waals surface area contributed by atoms with E-state index in [0.29, 0.717) is 5.75 Å². The Labute approximate surface area is 147 Å². The van der Waals surface area contributed by atoms with Crippen LogP contribution in [0.4, 0.5) is 0 Å². The molecule has 4 rings (SSSR count). The third kappa shape index (κ3) is 2.91. The molecule has 3 aromatic rings. The molecule has 0 spiro atoms. The van der Waals surface area contributed by atoms with Crippen molar-refractivity contribution in [2.24, 2.45) is 0 Å². The van der Waals surface area contributed by atoms with Crippen molar-refractivity contribution in [2.45, 2.75) is 19.8 Å². The number of hydrogen-bond donors (Lipinski definition) is 2. The van der Waals surface area contributed by atoms with E-state index in [1.807, 2.05) is 24.3 Å². The van der Waals surface area contributed by atoms with E-state index in [4.69, 9.17) is 0 Å². The van der Waals surface area contributed by atoms with Crippen molar-refractivity contribution in [3.8, 4) is 11.5 Å². The molecule has 0 heterocycles. The maximum absolute atomic E-state index is 9.85. The van der Waals surface area contributed by atoms with Crippen LogP contribution in [0.25, 0.3) is 11.1 Å². The summed E-state index contributed by atoms with van der Waals surface area (Å²) < 4.78 is 0. The fourth-order valence-corrected chi connectivity index (χ4v) is 3.58. The molecular weight excluding hydrogens is 308 g/mol. The maximum Gasteiger partial charge on any atom is 0.115 e. The summed E-state index contributed by atoms with van der Waals surface area (Å²) in [6, 6.07) is 21.6. The lowest BCUT2D eigenvalue weighted by atomic mass is 9.79. The van der Waals surface area contributed by atoms with E-state index in [9.17, 15) is 10.2 Å². The largest absolute Gasteiger partial charge is 0.508 e. The number of benzene rings is 3.